The fourth-order valence-electron chi connectivity index (χ4n) is 2.92. The Morgan fingerprint density at radius 3 is 1.69 bits per heavy atom. The lowest BCUT2D eigenvalue weighted by Crippen LogP contribution is -2.86. The van der Waals surface area contributed by atoms with Gasteiger partial charge >= 0.3 is 0 Å². The maximum atomic E-state index is 13.0. The normalized spacial score (nSPS) is 11.5. The summed E-state index contributed by atoms with van der Waals surface area (Å²) in [5.41, 5.74) is 1.29. The second kappa shape index (κ2) is 8.19. The molecule has 0 saturated carbocycles. The first kappa shape index (κ1) is 18.9. The van der Waals surface area contributed by atoms with Gasteiger partial charge in [0.1, 0.15) is 18.9 Å². The van der Waals surface area contributed by atoms with Gasteiger partial charge in [-0.1, -0.05) is 59.6 Å². The van der Waals surface area contributed by atoms with Crippen LogP contribution in [-0.4, -0.2) is 11.7 Å². The van der Waals surface area contributed by atoms with E-state index in [4.69, 9.17) is 23.2 Å². The highest BCUT2D eigenvalue weighted by atomic mass is 35.5. The van der Waals surface area contributed by atoms with Crippen molar-refractivity contribution in [3.8, 4) is 0 Å². The highest BCUT2D eigenvalue weighted by molar-refractivity contribution is 6.30. The molecule has 0 fully saturated rings. The molecule has 0 heterocycles. The Labute approximate surface area is 162 Å². The van der Waals surface area contributed by atoms with E-state index in [-0.39, 0.29) is 5.82 Å². The molecule has 0 amide bonds. The lowest BCUT2D eigenvalue weighted by molar-refractivity contribution is -0.682. The molecule has 0 saturated heterocycles. The number of hydrogen-bond donors (Lipinski definition) is 2. The first-order chi connectivity index (χ1) is 12.5. The van der Waals surface area contributed by atoms with Crippen molar-refractivity contribution in [2.75, 3.05) is 6.54 Å². The third-order valence-corrected chi connectivity index (χ3v) is 4.88. The molecule has 3 rings (SSSR count). The summed E-state index contributed by atoms with van der Waals surface area (Å²) in [6.45, 7) is 1.03. The Bertz CT molecular complexity index is 803. The molecular weight excluding hydrogens is 372 g/mol. The molecule has 0 unspecified atom stereocenters. The molecule has 5 heteroatoms. The Morgan fingerprint density at radius 2 is 1.23 bits per heavy atom. The van der Waals surface area contributed by atoms with E-state index < -0.39 is 5.60 Å². The van der Waals surface area contributed by atoms with E-state index in [0.717, 1.165) is 16.7 Å². The van der Waals surface area contributed by atoms with E-state index in [1.54, 1.807) is 36.4 Å². The Balaban J connectivity index is 1.83. The second-order valence-electron chi connectivity index (χ2n) is 6.20. The molecule has 0 spiro atoms. The summed E-state index contributed by atoms with van der Waals surface area (Å²) in [7, 11) is 0. The summed E-state index contributed by atoms with van der Waals surface area (Å²) in [5, 5.41) is 14.7. The number of benzene rings is 3. The van der Waals surface area contributed by atoms with Crippen molar-refractivity contribution >= 4 is 23.2 Å². The first-order valence-corrected chi connectivity index (χ1v) is 9.03. The van der Waals surface area contributed by atoms with E-state index in [9.17, 15) is 9.50 Å². The topological polar surface area (TPSA) is 36.8 Å². The summed E-state index contributed by atoms with van der Waals surface area (Å²) in [6.07, 6.45) is 0. The average molecular weight is 391 g/mol. The van der Waals surface area contributed by atoms with Gasteiger partial charge in [0.25, 0.3) is 0 Å². The summed E-state index contributed by atoms with van der Waals surface area (Å²) < 4.78 is 13.0. The number of quaternary nitrogens is 1. The van der Waals surface area contributed by atoms with Crippen molar-refractivity contribution in [2.24, 2.45) is 0 Å². The fourth-order valence-corrected chi connectivity index (χ4v) is 3.17. The van der Waals surface area contributed by atoms with Gasteiger partial charge in [-0.3, -0.25) is 0 Å². The standard InChI is InChI=1S/C21H18Cl2FNO/c22-18-7-3-16(4-8-18)21(26,17-5-9-19(23)10-6-17)14-25-13-15-1-11-20(24)12-2-15/h1-12,25-26H,13-14H2/p+1. The molecule has 0 aromatic heterocycles. The number of hydrogen-bond acceptors (Lipinski definition) is 1. The van der Waals surface area contributed by atoms with Crippen LogP contribution < -0.4 is 5.32 Å². The average Bonchev–Trinajstić information content (AvgIpc) is 2.64. The van der Waals surface area contributed by atoms with Crippen LogP contribution in [0.1, 0.15) is 16.7 Å². The van der Waals surface area contributed by atoms with Gasteiger partial charge in [0, 0.05) is 15.6 Å². The van der Waals surface area contributed by atoms with Gasteiger partial charge < -0.3 is 10.4 Å². The molecule has 0 atom stereocenters. The van der Waals surface area contributed by atoms with Crippen molar-refractivity contribution in [3.05, 3.63) is 105 Å². The first-order valence-electron chi connectivity index (χ1n) is 8.28. The number of nitrogens with two attached hydrogens (primary N) is 1. The van der Waals surface area contributed by atoms with Crippen LogP contribution in [0, 0.1) is 5.82 Å². The van der Waals surface area contributed by atoms with Crippen molar-refractivity contribution in [2.45, 2.75) is 12.1 Å². The summed E-state index contributed by atoms with van der Waals surface area (Å²) in [6, 6.07) is 20.7. The van der Waals surface area contributed by atoms with Gasteiger partial charge in [0.2, 0.25) is 0 Å². The van der Waals surface area contributed by atoms with E-state index in [1.165, 1.54) is 12.1 Å². The Hall–Kier alpha value is -1.91. The van der Waals surface area contributed by atoms with Crippen molar-refractivity contribution in [1.29, 1.82) is 0 Å². The number of aliphatic hydroxyl groups is 1. The van der Waals surface area contributed by atoms with Crippen LogP contribution in [0.3, 0.4) is 0 Å². The SMILES string of the molecule is OC(C[NH2+]Cc1ccc(F)cc1)(c1ccc(Cl)cc1)c1ccc(Cl)cc1. The predicted octanol–water partition coefficient (Wildman–Crippen LogP) is 4.13. The number of rotatable bonds is 6. The van der Waals surface area contributed by atoms with Crippen molar-refractivity contribution in [1.82, 2.24) is 0 Å². The molecule has 2 nitrogen and oxygen atoms in total. The highest BCUT2D eigenvalue weighted by Crippen LogP contribution is 2.30. The molecule has 0 aliphatic carbocycles. The third kappa shape index (κ3) is 4.43. The van der Waals surface area contributed by atoms with Crippen LogP contribution in [0.5, 0.6) is 0 Å². The van der Waals surface area contributed by atoms with Crippen molar-refractivity contribution < 1.29 is 14.8 Å². The van der Waals surface area contributed by atoms with Crippen LogP contribution in [0.25, 0.3) is 0 Å². The molecule has 0 aliphatic rings. The zero-order valence-electron chi connectivity index (χ0n) is 14.0. The maximum Gasteiger partial charge on any atom is 0.163 e. The maximum absolute atomic E-state index is 13.0. The third-order valence-electron chi connectivity index (χ3n) is 4.38. The van der Waals surface area contributed by atoms with E-state index in [2.05, 4.69) is 0 Å². The van der Waals surface area contributed by atoms with Crippen LogP contribution in [0.15, 0.2) is 72.8 Å². The molecule has 0 radical (unpaired) electrons. The quantitative estimate of drug-likeness (QED) is 0.652. The Morgan fingerprint density at radius 1 is 0.769 bits per heavy atom. The van der Waals surface area contributed by atoms with Crippen LogP contribution >= 0.6 is 23.2 Å². The highest BCUT2D eigenvalue weighted by Gasteiger charge is 2.33. The Kier molecular flexibility index (Phi) is 5.94. The summed E-state index contributed by atoms with van der Waals surface area (Å²) in [4.78, 5) is 0. The molecule has 0 aliphatic heterocycles. The largest absolute Gasteiger partial charge is 0.375 e. The monoisotopic (exact) mass is 390 g/mol. The van der Waals surface area contributed by atoms with Crippen molar-refractivity contribution in [3.63, 3.8) is 0 Å². The molecule has 3 N–H and O–H groups in total. The summed E-state index contributed by atoms with van der Waals surface area (Å²) >= 11 is 12.0. The van der Waals surface area contributed by atoms with Gasteiger partial charge in [-0.2, -0.15) is 0 Å². The molecule has 0 bridgehead atoms. The van der Waals surface area contributed by atoms with Crippen LogP contribution in [0.4, 0.5) is 4.39 Å². The van der Waals surface area contributed by atoms with Gasteiger partial charge in [-0.15, -0.1) is 0 Å². The van der Waals surface area contributed by atoms with Crippen LogP contribution in [-0.2, 0) is 12.1 Å². The number of halogens is 3. The minimum absolute atomic E-state index is 0.257. The lowest BCUT2D eigenvalue weighted by atomic mass is 9.86. The van der Waals surface area contributed by atoms with Gasteiger partial charge in [0.05, 0.1) is 0 Å². The minimum Gasteiger partial charge on any atom is -0.375 e. The minimum atomic E-state index is -1.20. The fraction of sp³-hybridized carbons (Fsp3) is 0.143. The van der Waals surface area contributed by atoms with Gasteiger partial charge in [-0.05, 0) is 47.5 Å². The van der Waals surface area contributed by atoms with E-state index in [0.29, 0.717) is 23.1 Å². The second-order valence-corrected chi connectivity index (χ2v) is 7.07. The van der Waals surface area contributed by atoms with Gasteiger partial charge in [0.15, 0.2) is 5.60 Å². The summed E-state index contributed by atoms with van der Waals surface area (Å²) in [5.74, 6) is -0.257. The van der Waals surface area contributed by atoms with Gasteiger partial charge in [-0.25, -0.2) is 4.39 Å². The van der Waals surface area contributed by atoms with E-state index in [1.807, 2.05) is 29.6 Å². The molecule has 26 heavy (non-hydrogen) atoms. The van der Waals surface area contributed by atoms with E-state index >= 15 is 0 Å². The molecule has 3 aromatic rings. The smallest absolute Gasteiger partial charge is 0.163 e. The predicted molar refractivity (Wildman–Crippen MR) is 103 cm³/mol. The zero-order chi connectivity index (χ0) is 18.6. The van der Waals surface area contributed by atoms with Crippen LogP contribution in [0.2, 0.25) is 10.0 Å². The molecule has 3 aromatic carbocycles. The molecular formula is C21H19Cl2FNO+. The molecule has 134 valence electrons. The lowest BCUT2D eigenvalue weighted by Gasteiger charge is -2.28. The zero-order valence-corrected chi connectivity index (χ0v) is 15.5.